The quantitative estimate of drug-likeness (QED) is 0.845. The second kappa shape index (κ2) is 3.95. The van der Waals surface area contributed by atoms with Gasteiger partial charge in [-0.05, 0) is 38.1 Å². The van der Waals surface area contributed by atoms with Crippen molar-refractivity contribution in [2.75, 3.05) is 0 Å². The van der Waals surface area contributed by atoms with E-state index < -0.39 is 0 Å². The summed E-state index contributed by atoms with van der Waals surface area (Å²) in [6.45, 7) is 3.92. The average molecular weight is 223 g/mol. The average Bonchev–Trinajstić information content (AvgIpc) is 2.53. The number of aryl methyl sites for hydroxylation is 1. The van der Waals surface area contributed by atoms with E-state index in [-0.39, 0.29) is 0 Å². The maximum absolute atomic E-state index is 5.77. The van der Waals surface area contributed by atoms with E-state index in [0.717, 1.165) is 17.0 Å². The first-order chi connectivity index (χ1) is 7.16. The molecule has 0 saturated carbocycles. The van der Waals surface area contributed by atoms with Gasteiger partial charge in [0.1, 0.15) is 5.75 Å². The number of nitrogens with zero attached hydrogens (tertiary/aromatic N) is 1. The Morgan fingerprint density at radius 3 is 2.40 bits per heavy atom. The lowest BCUT2D eigenvalue weighted by Gasteiger charge is -2.02. The molecule has 0 amide bonds. The largest absolute Gasteiger partial charge is 0.437 e. The molecule has 0 radical (unpaired) electrons. The molecule has 4 heteroatoms. The Kier molecular flexibility index (Phi) is 2.64. The molecule has 1 aromatic heterocycles. The lowest BCUT2D eigenvalue weighted by atomic mass is 10.3. The van der Waals surface area contributed by atoms with Crippen molar-refractivity contribution >= 4 is 11.6 Å². The zero-order chi connectivity index (χ0) is 10.8. The topological polar surface area (TPSA) is 37.9 Å². The molecule has 0 fully saturated rings. The molecule has 0 unspecified atom stereocenters. The van der Waals surface area contributed by atoms with E-state index in [1.165, 1.54) is 0 Å². The maximum atomic E-state index is 5.77. The fourth-order valence-electron chi connectivity index (χ4n) is 1.18. The Bertz CT molecular complexity index is 462. The molecule has 1 aromatic carbocycles. The lowest BCUT2D eigenvalue weighted by Crippen LogP contribution is -1.86. The molecule has 0 atom stereocenters. The predicted octanol–water partition coefficient (Wildman–Crippen LogP) is 3.47. The second-order valence-electron chi connectivity index (χ2n) is 3.33. The van der Waals surface area contributed by atoms with Gasteiger partial charge in [0, 0.05) is 16.3 Å². The van der Waals surface area contributed by atoms with Gasteiger partial charge in [-0.2, -0.15) is 0 Å². The third-order valence-corrected chi connectivity index (χ3v) is 2.49. The molecule has 78 valence electrons. The molecule has 0 spiro atoms. The van der Waals surface area contributed by atoms with Crippen molar-refractivity contribution in [3.8, 4) is 11.6 Å². The number of benzene rings is 1. The fraction of sp³-hybridized carbons (Fsp3) is 0.182. The first-order valence-electron chi connectivity index (χ1n) is 4.62. The first kappa shape index (κ1) is 10.1. The Balaban J connectivity index is 2.22. The monoisotopic (exact) mass is 222 g/mol. The Morgan fingerprint density at radius 1 is 1.20 bits per heavy atom. The summed E-state index contributed by atoms with van der Waals surface area (Å²) in [5, 5.41) is 7.61. The molecule has 0 bridgehead atoms. The van der Waals surface area contributed by atoms with Gasteiger partial charge >= 0.3 is 0 Å². The Hall–Kier alpha value is -1.48. The van der Waals surface area contributed by atoms with Crippen LogP contribution in [0, 0.1) is 13.8 Å². The number of ether oxygens (including phenoxy) is 1. The van der Waals surface area contributed by atoms with Crippen LogP contribution < -0.4 is 4.74 Å². The summed E-state index contributed by atoms with van der Waals surface area (Å²) in [5.41, 5.74) is 2.03. The van der Waals surface area contributed by atoms with Crippen LogP contribution in [0.2, 0.25) is 5.02 Å². The summed E-state index contributed by atoms with van der Waals surface area (Å²) < 4.78 is 5.58. The van der Waals surface area contributed by atoms with Gasteiger partial charge in [-0.25, -0.2) is 0 Å². The molecule has 1 heterocycles. The predicted molar refractivity (Wildman–Crippen MR) is 59.6 cm³/mol. The zero-order valence-electron chi connectivity index (χ0n) is 8.54. The van der Waals surface area contributed by atoms with Crippen molar-refractivity contribution in [1.29, 1.82) is 0 Å². The summed E-state index contributed by atoms with van der Waals surface area (Å²) in [7, 11) is 0. The minimum Gasteiger partial charge on any atom is -0.437 e. The minimum absolute atomic E-state index is 0.606. The van der Waals surface area contributed by atoms with Crippen molar-refractivity contribution in [1.82, 2.24) is 10.2 Å². The molecule has 15 heavy (non-hydrogen) atoms. The van der Waals surface area contributed by atoms with Gasteiger partial charge in [0.05, 0.1) is 0 Å². The number of hydrogen-bond donors (Lipinski definition) is 1. The summed E-state index contributed by atoms with van der Waals surface area (Å²) >= 11 is 5.77. The Labute approximate surface area is 93.0 Å². The zero-order valence-corrected chi connectivity index (χ0v) is 9.30. The van der Waals surface area contributed by atoms with Crippen LogP contribution in [0.3, 0.4) is 0 Å². The van der Waals surface area contributed by atoms with E-state index >= 15 is 0 Å². The van der Waals surface area contributed by atoms with Crippen LogP contribution in [0.4, 0.5) is 0 Å². The molecular formula is C11H11ClN2O. The van der Waals surface area contributed by atoms with Gasteiger partial charge in [-0.15, -0.1) is 5.10 Å². The van der Waals surface area contributed by atoms with Crippen LogP contribution in [-0.4, -0.2) is 10.2 Å². The number of nitrogens with one attached hydrogen (secondary N) is 1. The van der Waals surface area contributed by atoms with Gasteiger partial charge in [-0.3, -0.25) is 5.10 Å². The number of rotatable bonds is 2. The number of hydrogen-bond acceptors (Lipinski definition) is 2. The molecule has 1 N–H and O–H groups in total. The molecule has 3 nitrogen and oxygen atoms in total. The van der Waals surface area contributed by atoms with E-state index in [1.54, 1.807) is 12.1 Å². The van der Waals surface area contributed by atoms with Crippen molar-refractivity contribution in [3.05, 3.63) is 40.5 Å². The number of aromatic amines is 1. The standard InChI is InChI=1S/C11H11ClN2O/c1-7-8(2)13-14-11(7)15-10-5-3-9(12)4-6-10/h3-6H,1-2H3,(H,13,14). The highest BCUT2D eigenvalue weighted by Crippen LogP contribution is 2.25. The highest BCUT2D eigenvalue weighted by atomic mass is 35.5. The smallest absolute Gasteiger partial charge is 0.241 e. The third kappa shape index (κ3) is 2.13. The van der Waals surface area contributed by atoms with E-state index in [4.69, 9.17) is 16.3 Å². The molecule has 2 rings (SSSR count). The fourth-order valence-corrected chi connectivity index (χ4v) is 1.30. The van der Waals surface area contributed by atoms with E-state index in [2.05, 4.69) is 10.2 Å². The van der Waals surface area contributed by atoms with Crippen LogP contribution in [0.1, 0.15) is 11.3 Å². The van der Waals surface area contributed by atoms with Crippen molar-refractivity contribution in [2.45, 2.75) is 13.8 Å². The molecule has 0 aliphatic rings. The summed E-state index contributed by atoms with van der Waals surface area (Å²) in [6, 6.07) is 7.19. The number of halogens is 1. The van der Waals surface area contributed by atoms with Crippen LogP contribution >= 0.6 is 11.6 Å². The highest BCUT2D eigenvalue weighted by molar-refractivity contribution is 6.30. The highest BCUT2D eigenvalue weighted by Gasteiger charge is 2.07. The summed E-state index contributed by atoms with van der Waals surface area (Å²) in [4.78, 5) is 0. The first-order valence-corrected chi connectivity index (χ1v) is 4.99. The van der Waals surface area contributed by atoms with E-state index in [1.807, 2.05) is 26.0 Å². The molecule has 0 aliphatic carbocycles. The van der Waals surface area contributed by atoms with Crippen molar-refractivity contribution in [3.63, 3.8) is 0 Å². The van der Waals surface area contributed by atoms with Crippen LogP contribution in [0.15, 0.2) is 24.3 Å². The minimum atomic E-state index is 0.606. The normalized spacial score (nSPS) is 10.3. The van der Waals surface area contributed by atoms with Crippen LogP contribution in [-0.2, 0) is 0 Å². The lowest BCUT2D eigenvalue weighted by molar-refractivity contribution is 0.458. The maximum Gasteiger partial charge on any atom is 0.241 e. The van der Waals surface area contributed by atoms with Gasteiger partial charge in [0.15, 0.2) is 0 Å². The van der Waals surface area contributed by atoms with Gasteiger partial charge < -0.3 is 4.74 Å². The van der Waals surface area contributed by atoms with Crippen LogP contribution in [0.5, 0.6) is 11.6 Å². The van der Waals surface area contributed by atoms with E-state index in [0.29, 0.717) is 10.9 Å². The number of aromatic nitrogens is 2. The molecular weight excluding hydrogens is 212 g/mol. The Morgan fingerprint density at radius 2 is 1.87 bits per heavy atom. The number of H-pyrrole nitrogens is 1. The third-order valence-electron chi connectivity index (χ3n) is 2.24. The van der Waals surface area contributed by atoms with Crippen LogP contribution in [0.25, 0.3) is 0 Å². The summed E-state index contributed by atoms with van der Waals surface area (Å²) in [5.74, 6) is 1.34. The molecule has 2 aromatic rings. The van der Waals surface area contributed by atoms with E-state index in [9.17, 15) is 0 Å². The molecule has 0 aliphatic heterocycles. The second-order valence-corrected chi connectivity index (χ2v) is 3.77. The van der Waals surface area contributed by atoms with Gasteiger partial charge in [0.25, 0.3) is 0 Å². The van der Waals surface area contributed by atoms with Gasteiger partial charge in [0.2, 0.25) is 5.88 Å². The van der Waals surface area contributed by atoms with Crippen molar-refractivity contribution < 1.29 is 4.74 Å². The summed E-state index contributed by atoms with van der Waals surface area (Å²) in [6.07, 6.45) is 0. The molecule has 0 saturated heterocycles. The SMILES string of the molecule is Cc1[nH]nc(Oc2ccc(Cl)cc2)c1C. The van der Waals surface area contributed by atoms with Gasteiger partial charge in [-0.1, -0.05) is 11.6 Å². The van der Waals surface area contributed by atoms with Crippen molar-refractivity contribution in [2.24, 2.45) is 0 Å².